The number of hydrogen-bond donors (Lipinski definition) is 0. The largest absolute Gasteiger partial charge is 0.262 e. The molecule has 0 spiro atoms. The monoisotopic (exact) mass is 492 g/mol. The average molecular weight is 493 g/mol. The van der Waals surface area contributed by atoms with Crippen molar-refractivity contribution in [3.8, 4) is 0 Å². The van der Waals surface area contributed by atoms with Crippen LogP contribution in [-0.2, 0) is 22.9 Å². The first-order chi connectivity index (χ1) is 16.6. The highest BCUT2D eigenvalue weighted by Crippen LogP contribution is 2.31. The minimum atomic E-state index is -3.73. The number of rotatable bonds is 9. The molecular weight excluding hydrogens is 460 g/mol. The Morgan fingerprint density at radius 1 is 0.971 bits per heavy atom. The molecule has 0 bridgehead atoms. The molecule has 2 unspecified atom stereocenters. The average Bonchev–Trinajstić information content (AvgIpc) is 3.18. The third kappa shape index (κ3) is 5.46. The molecule has 3 heterocycles. The van der Waals surface area contributed by atoms with Gasteiger partial charge in [-0.2, -0.15) is 4.31 Å². The van der Waals surface area contributed by atoms with E-state index in [-0.39, 0.29) is 10.9 Å². The number of nitrogens with zero attached hydrogens (tertiary/aromatic N) is 6. The second-order valence-electron chi connectivity index (χ2n) is 9.58. The SMILES string of the molecule is CCc1ncc(C(CC(C)C)N(C)S(=O)(=O)c2ccc(CC3(C)N=c4ccncc4=N3)cc2)cn1. The lowest BCUT2D eigenvalue weighted by molar-refractivity contribution is 0.322. The van der Waals surface area contributed by atoms with Crippen LogP contribution >= 0.6 is 0 Å². The van der Waals surface area contributed by atoms with E-state index in [2.05, 4.69) is 28.8 Å². The van der Waals surface area contributed by atoms with E-state index in [4.69, 9.17) is 9.98 Å². The van der Waals surface area contributed by atoms with Gasteiger partial charge in [-0.25, -0.2) is 18.4 Å². The van der Waals surface area contributed by atoms with Gasteiger partial charge in [0.2, 0.25) is 10.0 Å². The number of fused-ring (bicyclic) bond motifs is 1. The lowest BCUT2D eigenvalue weighted by atomic mass is 9.99. The van der Waals surface area contributed by atoms with E-state index in [1.54, 1.807) is 44.0 Å². The lowest BCUT2D eigenvalue weighted by Gasteiger charge is -2.29. The highest BCUT2D eigenvalue weighted by molar-refractivity contribution is 7.89. The number of sulfonamides is 1. The highest BCUT2D eigenvalue weighted by atomic mass is 32.2. The van der Waals surface area contributed by atoms with Gasteiger partial charge in [-0.05, 0) is 43.0 Å². The van der Waals surface area contributed by atoms with Gasteiger partial charge in [-0.15, -0.1) is 0 Å². The molecule has 0 saturated carbocycles. The van der Waals surface area contributed by atoms with Crippen molar-refractivity contribution in [2.45, 2.75) is 63.6 Å². The molecule has 0 N–H and O–H groups in total. The summed E-state index contributed by atoms with van der Waals surface area (Å²) in [5, 5.41) is 1.61. The topological polar surface area (TPSA) is 101 Å². The Morgan fingerprint density at radius 2 is 1.63 bits per heavy atom. The minimum Gasteiger partial charge on any atom is -0.262 e. The maximum atomic E-state index is 13.6. The van der Waals surface area contributed by atoms with E-state index in [1.165, 1.54) is 4.31 Å². The summed E-state index contributed by atoms with van der Waals surface area (Å²) in [4.78, 5) is 22.6. The van der Waals surface area contributed by atoms with Gasteiger partial charge < -0.3 is 0 Å². The fourth-order valence-electron chi connectivity index (χ4n) is 4.34. The molecule has 1 aliphatic heterocycles. The predicted octanol–water partition coefficient (Wildman–Crippen LogP) is 3.05. The van der Waals surface area contributed by atoms with E-state index in [1.807, 2.05) is 32.0 Å². The van der Waals surface area contributed by atoms with Crippen molar-refractivity contribution in [3.05, 3.63) is 82.8 Å². The van der Waals surface area contributed by atoms with Crippen LogP contribution in [-0.4, -0.2) is 40.4 Å². The summed E-state index contributed by atoms with van der Waals surface area (Å²) in [7, 11) is -2.10. The summed E-state index contributed by atoms with van der Waals surface area (Å²) in [6, 6.07) is 8.51. The molecular formula is C26H32N6O2S. The molecule has 35 heavy (non-hydrogen) atoms. The Bertz CT molecular complexity index is 1370. The highest BCUT2D eigenvalue weighted by Gasteiger charge is 2.31. The van der Waals surface area contributed by atoms with Gasteiger partial charge in [-0.3, -0.25) is 15.0 Å². The summed E-state index contributed by atoms with van der Waals surface area (Å²) in [6.45, 7) is 8.12. The molecule has 1 aromatic carbocycles. The van der Waals surface area contributed by atoms with Crippen molar-refractivity contribution in [3.63, 3.8) is 0 Å². The van der Waals surface area contributed by atoms with E-state index in [9.17, 15) is 8.42 Å². The molecule has 1 aliphatic rings. The Morgan fingerprint density at radius 3 is 2.23 bits per heavy atom. The summed E-state index contributed by atoms with van der Waals surface area (Å²) < 4.78 is 28.6. The van der Waals surface area contributed by atoms with Crippen molar-refractivity contribution in [2.24, 2.45) is 15.9 Å². The van der Waals surface area contributed by atoms with Crippen LogP contribution in [0.1, 0.15) is 57.1 Å². The van der Waals surface area contributed by atoms with Gasteiger partial charge in [0.15, 0.2) is 5.66 Å². The molecule has 9 heteroatoms. The fourth-order valence-corrected chi connectivity index (χ4v) is 5.70. The smallest absolute Gasteiger partial charge is 0.243 e. The van der Waals surface area contributed by atoms with Crippen molar-refractivity contribution in [1.82, 2.24) is 19.3 Å². The maximum Gasteiger partial charge on any atom is 0.243 e. The van der Waals surface area contributed by atoms with Crippen molar-refractivity contribution < 1.29 is 8.42 Å². The van der Waals surface area contributed by atoms with Crippen molar-refractivity contribution >= 4 is 10.0 Å². The van der Waals surface area contributed by atoms with E-state index in [0.717, 1.165) is 34.1 Å². The standard InChI is InChI=1S/C26H32N6O2S/c1-6-25-28-15-20(16-29-25)24(13-18(2)3)32(5)35(33,34)21-9-7-19(8-10-21)14-26(4)30-22-11-12-27-17-23(22)31-26/h7-12,15-18,24H,6,13-14H2,1-5H3. The minimum absolute atomic E-state index is 0.251. The fraction of sp³-hybridized carbons (Fsp3) is 0.423. The zero-order valence-electron chi connectivity index (χ0n) is 20.9. The van der Waals surface area contributed by atoms with Crippen molar-refractivity contribution in [1.29, 1.82) is 0 Å². The van der Waals surface area contributed by atoms with Crippen LogP contribution in [0.4, 0.5) is 0 Å². The molecule has 0 aliphatic carbocycles. The first kappa shape index (κ1) is 25.1. The third-order valence-electron chi connectivity index (χ3n) is 6.20. The third-order valence-corrected chi connectivity index (χ3v) is 8.08. The molecule has 0 amide bonds. The quantitative estimate of drug-likeness (QED) is 0.457. The number of aryl methyl sites for hydroxylation is 1. The summed E-state index contributed by atoms with van der Waals surface area (Å²) in [5.74, 6) is 1.04. The van der Waals surface area contributed by atoms with Gasteiger partial charge in [0.25, 0.3) is 0 Å². The van der Waals surface area contributed by atoms with Crippen LogP contribution in [0, 0.1) is 5.92 Å². The lowest BCUT2D eigenvalue weighted by Crippen LogP contribution is -2.32. The number of aromatic nitrogens is 3. The van der Waals surface area contributed by atoms with E-state index in [0.29, 0.717) is 18.8 Å². The normalized spacial score (nSPS) is 18.3. The molecule has 0 saturated heterocycles. The van der Waals surface area contributed by atoms with Gasteiger partial charge in [0, 0.05) is 44.0 Å². The second kappa shape index (κ2) is 9.91. The number of benzene rings is 1. The van der Waals surface area contributed by atoms with Crippen LogP contribution in [0.15, 0.2) is 70.0 Å². The van der Waals surface area contributed by atoms with E-state index >= 15 is 0 Å². The zero-order valence-corrected chi connectivity index (χ0v) is 21.7. The zero-order chi connectivity index (χ0) is 25.2. The van der Waals surface area contributed by atoms with Crippen LogP contribution in [0.2, 0.25) is 0 Å². The van der Waals surface area contributed by atoms with Crippen LogP contribution in [0.3, 0.4) is 0 Å². The molecule has 4 rings (SSSR count). The summed E-state index contributed by atoms with van der Waals surface area (Å²) in [6.07, 6.45) is 8.88. The number of pyridine rings is 1. The van der Waals surface area contributed by atoms with Crippen molar-refractivity contribution in [2.75, 3.05) is 7.05 Å². The van der Waals surface area contributed by atoms with Crippen LogP contribution < -0.4 is 10.7 Å². The van der Waals surface area contributed by atoms with Crippen LogP contribution in [0.5, 0.6) is 0 Å². The first-order valence-corrected chi connectivity index (χ1v) is 13.3. The molecule has 0 radical (unpaired) electrons. The summed E-state index contributed by atoms with van der Waals surface area (Å²) >= 11 is 0. The van der Waals surface area contributed by atoms with Gasteiger partial charge in [0.05, 0.1) is 22.5 Å². The van der Waals surface area contributed by atoms with E-state index < -0.39 is 15.7 Å². The maximum absolute atomic E-state index is 13.6. The van der Waals surface area contributed by atoms with Gasteiger partial charge >= 0.3 is 0 Å². The Hall–Kier alpha value is -3.04. The second-order valence-corrected chi connectivity index (χ2v) is 11.6. The predicted molar refractivity (Wildman–Crippen MR) is 134 cm³/mol. The molecule has 3 aromatic rings. The van der Waals surface area contributed by atoms with Crippen LogP contribution in [0.25, 0.3) is 0 Å². The number of hydrogen-bond acceptors (Lipinski definition) is 7. The molecule has 8 nitrogen and oxygen atoms in total. The Kier molecular flexibility index (Phi) is 7.10. The molecule has 184 valence electrons. The Balaban J connectivity index is 1.56. The first-order valence-electron chi connectivity index (χ1n) is 11.9. The molecule has 2 atom stereocenters. The Labute approximate surface area is 207 Å². The van der Waals surface area contributed by atoms with Gasteiger partial charge in [-0.1, -0.05) is 32.9 Å². The van der Waals surface area contributed by atoms with Gasteiger partial charge in [0.1, 0.15) is 11.2 Å². The molecule has 2 aromatic heterocycles. The summed E-state index contributed by atoms with van der Waals surface area (Å²) in [5.41, 5.74) is 1.13. The molecule has 0 fully saturated rings.